The van der Waals surface area contributed by atoms with Crippen LogP contribution < -0.4 is 10.2 Å². The molecule has 0 bridgehead atoms. The molecule has 1 aliphatic carbocycles. The molecule has 3 heteroatoms. The number of benzene rings is 1. The molecule has 2 nitrogen and oxygen atoms in total. The summed E-state index contributed by atoms with van der Waals surface area (Å²) in [4.78, 5) is 2.69. The molecule has 1 saturated carbocycles. The van der Waals surface area contributed by atoms with Crippen LogP contribution in [0, 0.1) is 9.49 Å². The average molecular weight is 384 g/mol. The van der Waals surface area contributed by atoms with Gasteiger partial charge in [-0.3, -0.25) is 0 Å². The van der Waals surface area contributed by atoms with Gasteiger partial charge in [0.1, 0.15) is 0 Å². The first-order chi connectivity index (χ1) is 9.61. The Balaban J connectivity index is 1.92. The molecule has 110 valence electrons. The minimum absolute atomic E-state index is 0.379. The number of piperazine rings is 1. The maximum Gasteiger partial charge on any atom is 0.0505 e. The summed E-state index contributed by atoms with van der Waals surface area (Å²) in [5, 5.41) is 3.90. The predicted octanol–water partition coefficient (Wildman–Crippen LogP) is 4.04. The van der Waals surface area contributed by atoms with Crippen molar-refractivity contribution >= 4 is 28.3 Å². The van der Waals surface area contributed by atoms with Gasteiger partial charge in [0.2, 0.25) is 0 Å². The minimum atomic E-state index is 0.379. The number of nitrogens with zero attached hydrogens (tertiary/aromatic N) is 1. The highest BCUT2D eigenvalue weighted by Gasteiger charge is 2.42. The number of hydrogen-bond donors (Lipinski definition) is 1. The third-order valence-electron chi connectivity index (χ3n) is 5.05. The van der Waals surface area contributed by atoms with Crippen molar-refractivity contribution in [3.8, 4) is 0 Å². The first kappa shape index (κ1) is 14.6. The van der Waals surface area contributed by atoms with Crippen molar-refractivity contribution in [3.63, 3.8) is 0 Å². The minimum Gasteiger partial charge on any atom is -0.364 e. The number of halogens is 1. The van der Waals surface area contributed by atoms with E-state index in [4.69, 9.17) is 0 Å². The zero-order valence-corrected chi connectivity index (χ0v) is 14.7. The lowest BCUT2D eigenvalue weighted by atomic mass is 9.88. The Morgan fingerprint density at radius 3 is 2.60 bits per heavy atom. The fraction of sp³-hybridized carbons (Fsp3) is 0.647. The van der Waals surface area contributed by atoms with Crippen LogP contribution >= 0.6 is 22.6 Å². The van der Waals surface area contributed by atoms with Crippen LogP contribution in [0.3, 0.4) is 0 Å². The molecule has 1 unspecified atom stereocenters. The summed E-state index contributed by atoms with van der Waals surface area (Å²) >= 11 is 2.49. The second-order valence-corrected chi connectivity index (χ2v) is 7.92. The molecule has 1 aromatic rings. The van der Waals surface area contributed by atoms with Gasteiger partial charge in [-0.05, 0) is 53.5 Å². The van der Waals surface area contributed by atoms with Gasteiger partial charge in [0, 0.05) is 28.2 Å². The Kier molecular flexibility index (Phi) is 4.27. The highest BCUT2D eigenvalue weighted by molar-refractivity contribution is 14.1. The van der Waals surface area contributed by atoms with E-state index < -0.39 is 0 Å². The summed E-state index contributed by atoms with van der Waals surface area (Å²) in [6.45, 7) is 7.00. The van der Waals surface area contributed by atoms with Gasteiger partial charge in [-0.2, -0.15) is 0 Å². The molecule has 0 aromatic heterocycles. The number of rotatable bonds is 2. The van der Waals surface area contributed by atoms with Gasteiger partial charge >= 0.3 is 0 Å². The summed E-state index contributed by atoms with van der Waals surface area (Å²) in [6, 6.07) is 9.46. The molecule has 2 aliphatic rings. The number of para-hydroxylation sites is 1. The number of anilines is 1. The van der Waals surface area contributed by atoms with Gasteiger partial charge in [-0.25, -0.2) is 0 Å². The SMILES string of the molecule is CC(C)C1CNC2(CCCC2)CN1c1ccccc1I. The van der Waals surface area contributed by atoms with Crippen LogP contribution in [0.4, 0.5) is 5.69 Å². The molecule has 3 rings (SSSR count). The molecule has 1 aliphatic heterocycles. The van der Waals surface area contributed by atoms with Gasteiger partial charge in [0.15, 0.2) is 0 Å². The molecular formula is C17H25IN2. The molecule has 1 heterocycles. The van der Waals surface area contributed by atoms with Crippen LogP contribution in [-0.4, -0.2) is 24.7 Å². The van der Waals surface area contributed by atoms with Gasteiger partial charge in [-0.15, -0.1) is 0 Å². The number of nitrogens with one attached hydrogen (secondary N) is 1. The molecule has 1 saturated heterocycles. The fourth-order valence-corrected chi connectivity index (χ4v) is 4.56. The van der Waals surface area contributed by atoms with E-state index in [0.29, 0.717) is 17.5 Å². The summed E-state index contributed by atoms with van der Waals surface area (Å²) in [5.41, 5.74) is 1.81. The molecule has 1 aromatic carbocycles. The lowest BCUT2D eigenvalue weighted by Crippen LogP contribution is -2.64. The van der Waals surface area contributed by atoms with Crippen molar-refractivity contribution in [3.05, 3.63) is 27.8 Å². The van der Waals surface area contributed by atoms with Gasteiger partial charge in [0.25, 0.3) is 0 Å². The van der Waals surface area contributed by atoms with Gasteiger partial charge < -0.3 is 10.2 Å². The molecule has 1 N–H and O–H groups in total. The van der Waals surface area contributed by atoms with Crippen LogP contribution in [-0.2, 0) is 0 Å². The van der Waals surface area contributed by atoms with Crippen LogP contribution in [0.5, 0.6) is 0 Å². The third-order valence-corrected chi connectivity index (χ3v) is 5.96. The molecule has 1 atom stereocenters. The molecule has 20 heavy (non-hydrogen) atoms. The molecule has 0 amide bonds. The average Bonchev–Trinajstić information content (AvgIpc) is 2.87. The summed E-state index contributed by atoms with van der Waals surface area (Å²) < 4.78 is 1.38. The third kappa shape index (κ3) is 2.71. The summed E-state index contributed by atoms with van der Waals surface area (Å²) in [5.74, 6) is 0.678. The van der Waals surface area contributed by atoms with E-state index in [0.717, 1.165) is 6.54 Å². The van der Waals surface area contributed by atoms with Gasteiger partial charge in [0.05, 0.1) is 5.69 Å². The van der Waals surface area contributed by atoms with E-state index in [2.05, 4.69) is 70.9 Å². The Hall–Kier alpha value is -0.290. The Morgan fingerprint density at radius 2 is 1.95 bits per heavy atom. The normalized spacial score (nSPS) is 25.6. The molecule has 1 spiro atoms. The Labute approximate surface area is 136 Å². The molecule has 0 radical (unpaired) electrons. The van der Waals surface area contributed by atoms with Crippen LogP contribution in [0.2, 0.25) is 0 Å². The highest BCUT2D eigenvalue weighted by Crippen LogP contribution is 2.37. The molecule has 2 fully saturated rings. The predicted molar refractivity (Wildman–Crippen MR) is 94.3 cm³/mol. The largest absolute Gasteiger partial charge is 0.364 e. The lowest BCUT2D eigenvalue weighted by molar-refractivity contribution is 0.245. The van der Waals surface area contributed by atoms with E-state index in [9.17, 15) is 0 Å². The Bertz CT molecular complexity index is 466. The van der Waals surface area contributed by atoms with Crippen molar-refractivity contribution in [2.24, 2.45) is 5.92 Å². The van der Waals surface area contributed by atoms with E-state index in [1.165, 1.54) is 41.5 Å². The second kappa shape index (κ2) is 5.84. The molecular weight excluding hydrogens is 359 g/mol. The summed E-state index contributed by atoms with van der Waals surface area (Å²) in [7, 11) is 0. The van der Waals surface area contributed by atoms with E-state index >= 15 is 0 Å². The fourth-order valence-electron chi connectivity index (χ4n) is 3.86. The lowest BCUT2D eigenvalue weighted by Gasteiger charge is -2.49. The summed E-state index contributed by atoms with van der Waals surface area (Å²) in [6.07, 6.45) is 5.47. The van der Waals surface area contributed by atoms with Crippen molar-refractivity contribution in [1.29, 1.82) is 0 Å². The van der Waals surface area contributed by atoms with Crippen molar-refractivity contribution in [2.45, 2.75) is 51.1 Å². The van der Waals surface area contributed by atoms with Crippen LogP contribution in [0.15, 0.2) is 24.3 Å². The smallest absolute Gasteiger partial charge is 0.0505 e. The monoisotopic (exact) mass is 384 g/mol. The van der Waals surface area contributed by atoms with E-state index in [1.807, 2.05) is 0 Å². The standard InChI is InChI=1S/C17H25IN2/c1-13(2)16-11-19-17(9-5-6-10-17)12-20(16)15-8-4-3-7-14(15)18/h3-4,7-8,13,16,19H,5-6,9-12H2,1-2H3. The Morgan fingerprint density at radius 1 is 1.25 bits per heavy atom. The second-order valence-electron chi connectivity index (χ2n) is 6.76. The van der Waals surface area contributed by atoms with Crippen molar-refractivity contribution < 1.29 is 0 Å². The van der Waals surface area contributed by atoms with E-state index in [-0.39, 0.29) is 0 Å². The first-order valence-corrected chi connectivity index (χ1v) is 8.95. The zero-order chi connectivity index (χ0) is 14.2. The zero-order valence-electron chi connectivity index (χ0n) is 12.5. The van der Waals surface area contributed by atoms with Crippen molar-refractivity contribution in [2.75, 3.05) is 18.0 Å². The first-order valence-electron chi connectivity index (χ1n) is 7.87. The highest BCUT2D eigenvalue weighted by atomic mass is 127. The van der Waals surface area contributed by atoms with Gasteiger partial charge in [-0.1, -0.05) is 38.8 Å². The quantitative estimate of drug-likeness (QED) is 0.775. The van der Waals surface area contributed by atoms with Crippen molar-refractivity contribution in [1.82, 2.24) is 5.32 Å². The van der Waals surface area contributed by atoms with Crippen LogP contribution in [0.25, 0.3) is 0 Å². The van der Waals surface area contributed by atoms with E-state index in [1.54, 1.807) is 0 Å². The number of hydrogen-bond acceptors (Lipinski definition) is 2. The topological polar surface area (TPSA) is 15.3 Å². The maximum atomic E-state index is 3.90. The van der Waals surface area contributed by atoms with Crippen LogP contribution in [0.1, 0.15) is 39.5 Å². The maximum absolute atomic E-state index is 3.90.